The second-order valence-electron chi connectivity index (χ2n) is 9.97. The van der Waals surface area contributed by atoms with E-state index in [-0.39, 0.29) is 11.5 Å². The Kier molecular flexibility index (Phi) is 9.09. The van der Waals surface area contributed by atoms with Gasteiger partial charge in [0.25, 0.3) is 5.91 Å². The fourth-order valence-electron chi connectivity index (χ4n) is 5.01. The molecule has 1 fully saturated rings. The van der Waals surface area contributed by atoms with Crippen LogP contribution in [-0.2, 0) is 4.79 Å². The van der Waals surface area contributed by atoms with Crippen LogP contribution >= 0.6 is 11.3 Å². The Balaban J connectivity index is 1.47. The van der Waals surface area contributed by atoms with E-state index < -0.39 is 17.7 Å². The van der Waals surface area contributed by atoms with Gasteiger partial charge in [0.05, 0.1) is 18.1 Å². The van der Waals surface area contributed by atoms with Gasteiger partial charge in [0.2, 0.25) is 5.13 Å². The number of rotatable bonds is 11. The predicted molar refractivity (Wildman–Crippen MR) is 146 cm³/mol. The highest BCUT2D eigenvalue weighted by atomic mass is 32.1. The van der Waals surface area contributed by atoms with Gasteiger partial charge in [-0.2, -0.15) is 0 Å². The third-order valence-electron chi connectivity index (χ3n) is 7.10. The average molecular weight is 540 g/mol. The normalized spacial score (nSPS) is 16.9. The molecule has 0 radical (unpaired) electrons. The summed E-state index contributed by atoms with van der Waals surface area (Å²) in [5, 5.41) is 19.0. The molecule has 2 aromatic carbocycles. The van der Waals surface area contributed by atoms with E-state index in [1.54, 1.807) is 12.1 Å². The third-order valence-corrected chi connectivity index (χ3v) is 8.10. The average Bonchev–Trinajstić information content (AvgIpc) is 3.56. The largest absolute Gasteiger partial charge is 0.493 e. The minimum absolute atomic E-state index is 0.0182. The van der Waals surface area contributed by atoms with E-state index in [9.17, 15) is 19.1 Å². The van der Waals surface area contributed by atoms with E-state index in [1.165, 1.54) is 28.4 Å². The molecule has 1 aliphatic carbocycles. The summed E-state index contributed by atoms with van der Waals surface area (Å²) in [6, 6.07) is 9.98. The Morgan fingerprint density at radius 2 is 1.89 bits per heavy atom. The van der Waals surface area contributed by atoms with E-state index in [4.69, 9.17) is 4.74 Å². The summed E-state index contributed by atoms with van der Waals surface area (Å²) < 4.78 is 20.5. The molecular weight excluding hydrogens is 505 g/mol. The van der Waals surface area contributed by atoms with Crippen LogP contribution in [0.2, 0.25) is 0 Å². The van der Waals surface area contributed by atoms with E-state index in [0.717, 1.165) is 61.0 Å². The number of nitrogens with zero attached hydrogens (tertiary/aromatic N) is 3. The molecule has 1 heterocycles. The van der Waals surface area contributed by atoms with Crippen molar-refractivity contribution in [3.63, 3.8) is 0 Å². The minimum Gasteiger partial charge on any atom is -0.493 e. The Morgan fingerprint density at radius 1 is 1.16 bits per heavy atom. The summed E-state index contributed by atoms with van der Waals surface area (Å²) in [5.41, 5.74) is 2.84. The molecule has 0 aliphatic heterocycles. The molecule has 1 amide bonds. The molecule has 0 bridgehead atoms. The number of ether oxygens (including phenoxy) is 1. The Hall–Kier alpha value is -3.33. The van der Waals surface area contributed by atoms with Crippen LogP contribution in [0.25, 0.3) is 10.6 Å². The zero-order valence-corrected chi connectivity index (χ0v) is 22.9. The summed E-state index contributed by atoms with van der Waals surface area (Å²) in [6.07, 6.45) is 4.89. The highest BCUT2D eigenvalue weighted by Gasteiger charge is 2.29. The number of halogens is 1. The van der Waals surface area contributed by atoms with Gasteiger partial charge < -0.3 is 9.84 Å². The van der Waals surface area contributed by atoms with Crippen LogP contribution in [0.4, 0.5) is 9.52 Å². The second-order valence-corrected chi connectivity index (χ2v) is 10.9. The standard InChI is InChI=1S/C29H34FN3O4S/c1-4-5-13-33(27(34)23-8-6-7-9-24(23)30)29-32-31-26(38-29)22-15-18(2)25(19(3)16-22)37-14-12-20-10-11-21(17-20)28(35)36/h6-9,15-16,20-21H,4-5,10-14,17H2,1-3H3,(H,35,36). The number of carbonyl (C=O) groups is 2. The zero-order valence-electron chi connectivity index (χ0n) is 22.1. The number of aryl methyl sites for hydroxylation is 2. The van der Waals surface area contributed by atoms with Gasteiger partial charge in [0.15, 0.2) is 0 Å². The van der Waals surface area contributed by atoms with Crippen molar-refractivity contribution in [1.29, 1.82) is 0 Å². The molecule has 3 aromatic rings. The number of amides is 1. The summed E-state index contributed by atoms with van der Waals surface area (Å²) in [7, 11) is 0. The minimum atomic E-state index is -0.694. The number of hydrogen-bond donors (Lipinski definition) is 1. The van der Waals surface area contributed by atoms with Crippen molar-refractivity contribution < 1.29 is 23.8 Å². The van der Waals surface area contributed by atoms with Gasteiger partial charge in [0.1, 0.15) is 16.6 Å². The molecule has 2 unspecified atom stereocenters. The van der Waals surface area contributed by atoms with Crippen molar-refractivity contribution in [3.8, 4) is 16.3 Å². The molecule has 0 spiro atoms. The van der Waals surface area contributed by atoms with Gasteiger partial charge in [0, 0.05) is 12.1 Å². The fraction of sp³-hybridized carbons (Fsp3) is 0.448. The highest BCUT2D eigenvalue weighted by molar-refractivity contribution is 7.18. The molecule has 9 heteroatoms. The number of hydrogen-bond acceptors (Lipinski definition) is 6. The van der Waals surface area contributed by atoms with Crippen LogP contribution < -0.4 is 9.64 Å². The fourth-order valence-corrected chi connectivity index (χ4v) is 5.87. The maximum absolute atomic E-state index is 14.3. The lowest BCUT2D eigenvalue weighted by atomic mass is 10.0. The van der Waals surface area contributed by atoms with E-state index in [1.807, 2.05) is 32.9 Å². The number of aliphatic carboxylic acids is 1. The number of carboxylic acid groups (broad SMARTS) is 1. The summed E-state index contributed by atoms with van der Waals surface area (Å²) in [4.78, 5) is 25.9. The van der Waals surface area contributed by atoms with E-state index >= 15 is 0 Å². The lowest BCUT2D eigenvalue weighted by Gasteiger charge is -2.19. The Labute approximate surface area is 226 Å². The van der Waals surface area contributed by atoms with Crippen LogP contribution in [0, 0.1) is 31.5 Å². The number of carboxylic acids is 1. The van der Waals surface area contributed by atoms with Gasteiger partial charge in [-0.15, -0.1) is 10.2 Å². The first-order chi connectivity index (χ1) is 18.3. The first-order valence-electron chi connectivity index (χ1n) is 13.2. The number of carbonyl (C=O) groups excluding carboxylic acids is 1. The lowest BCUT2D eigenvalue weighted by Crippen LogP contribution is -2.32. The Bertz CT molecular complexity index is 1270. The third kappa shape index (κ3) is 6.38. The molecule has 1 N–H and O–H groups in total. The van der Waals surface area contributed by atoms with Crippen LogP contribution in [-0.4, -0.2) is 40.3 Å². The highest BCUT2D eigenvalue weighted by Crippen LogP contribution is 2.36. The first kappa shape index (κ1) is 27.7. The molecule has 202 valence electrons. The molecule has 2 atom stereocenters. The summed E-state index contributed by atoms with van der Waals surface area (Å²) >= 11 is 1.31. The second kappa shape index (κ2) is 12.5. The molecule has 1 saturated carbocycles. The smallest absolute Gasteiger partial charge is 0.306 e. The monoisotopic (exact) mass is 539 g/mol. The number of unbranched alkanes of at least 4 members (excludes halogenated alkanes) is 1. The summed E-state index contributed by atoms with van der Waals surface area (Å²) in [5.74, 6) is -0.684. The first-order valence-corrected chi connectivity index (χ1v) is 14.0. The maximum atomic E-state index is 14.3. The Morgan fingerprint density at radius 3 is 2.55 bits per heavy atom. The van der Waals surface area contributed by atoms with Crippen LogP contribution in [0.5, 0.6) is 5.75 Å². The van der Waals surface area contributed by atoms with Crippen LogP contribution in [0.1, 0.15) is 66.9 Å². The van der Waals surface area contributed by atoms with Crippen molar-refractivity contribution in [2.45, 2.75) is 59.3 Å². The molecular formula is C29H34FN3O4S. The van der Waals surface area contributed by atoms with Gasteiger partial charge in [-0.05, 0) is 87.3 Å². The van der Waals surface area contributed by atoms with Gasteiger partial charge in [-0.3, -0.25) is 14.5 Å². The number of benzene rings is 2. The van der Waals surface area contributed by atoms with Crippen molar-refractivity contribution in [2.75, 3.05) is 18.1 Å². The van der Waals surface area contributed by atoms with Gasteiger partial charge >= 0.3 is 5.97 Å². The van der Waals surface area contributed by atoms with E-state index in [0.29, 0.717) is 29.2 Å². The quantitative estimate of drug-likeness (QED) is 0.292. The molecule has 7 nitrogen and oxygen atoms in total. The maximum Gasteiger partial charge on any atom is 0.306 e. The van der Waals surface area contributed by atoms with Crippen molar-refractivity contribution >= 4 is 28.3 Å². The van der Waals surface area contributed by atoms with Crippen LogP contribution in [0.3, 0.4) is 0 Å². The predicted octanol–water partition coefficient (Wildman–Crippen LogP) is 6.68. The molecule has 1 aromatic heterocycles. The molecule has 4 rings (SSSR count). The SMILES string of the molecule is CCCCN(C(=O)c1ccccc1F)c1nnc(-c2cc(C)c(OCCC3CCC(C(=O)O)C3)c(C)c2)s1. The van der Waals surface area contributed by atoms with Crippen molar-refractivity contribution in [1.82, 2.24) is 10.2 Å². The molecule has 0 saturated heterocycles. The van der Waals surface area contributed by atoms with Crippen molar-refractivity contribution in [2.24, 2.45) is 11.8 Å². The van der Waals surface area contributed by atoms with E-state index in [2.05, 4.69) is 10.2 Å². The molecule has 1 aliphatic rings. The lowest BCUT2D eigenvalue weighted by molar-refractivity contribution is -0.141. The summed E-state index contributed by atoms with van der Waals surface area (Å²) in [6.45, 7) is 6.98. The van der Waals surface area contributed by atoms with Gasteiger partial charge in [-0.1, -0.05) is 36.8 Å². The molecule has 38 heavy (non-hydrogen) atoms. The number of anilines is 1. The number of aromatic nitrogens is 2. The van der Waals surface area contributed by atoms with Crippen LogP contribution in [0.15, 0.2) is 36.4 Å². The zero-order chi connectivity index (χ0) is 27.2. The topological polar surface area (TPSA) is 92.6 Å². The van der Waals surface area contributed by atoms with Crippen molar-refractivity contribution in [3.05, 3.63) is 58.9 Å². The van der Waals surface area contributed by atoms with Gasteiger partial charge in [-0.25, -0.2) is 4.39 Å².